The molecule has 2 nitrogen and oxygen atoms in total. The minimum Gasteiger partial charge on any atom is -0.305 e. The molecule has 0 aliphatic carbocycles. The Morgan fingerprint density at radius 3 is 1.88 bits per heavy atom. The van der Waals surface area contributed by atoms with Crippen LogP contribution >= 0.6 is 0 Å². The van der Waals surface area contributed by atoms with E-state index in [0.29, 0.717) is 0 Å². The highest BCUT2D eigenvalue weighted by atomic mass is 15.2. The van der Waals surface area contributed by atoms with Gasteiger partial charge in [0.05, 0.1) is 0 Å². The Hall–Kier alpha value is -0.0800. The van der Waals surface area contributed by atoms with Crippen molar-refractivity contribution in [1.29, 1.82) is 0 Å². The molecule has 0 aromatic heterocycles. The molecule has 0 radical (unpaired) electrons. The zero-order valence-corrected chi connectivity index (χ0v) is 17.4. The van der Waals surface area contributed by atoms with Crippen LogP contribution in [0.5, 0.6) is 0 Å². The summed E-state index contributed by atoms with van der Waals surface area (Å²) < 4.78 is 0. The van der Waals surface area contributed by atoms with Crippen molar-refractivity contribution in [2.24, 2.45) is 0 Å². The third kappa shape index (κ3) is 9.42. The van der Waals surface area contributed by atoms with Crippen molar-refractivity contribution in [1.82, 2.24) is 9.80 Å². The van der Waals surface area contributed by atoms with Crippen molar-refractivity contribution in [2.75, 3.05) is 27.2 Å². The second-order valence-electron chi connectivity index (χ2n) is 8.31. The average molecular weight is 339 g/mol. The minimum absolute atomic E-state index is 0.779. The summed E-state index contributed by atoms with van der Waals surface area (Å²) in [5.74, 6) is 0. The van der Waals surface area contributed by atoms with E-state index in [4.69, 9.17) is 0 Å². The summed E-state index contributed by atoms with van der Waals surface area (Å²) in [7, 11) is 4.53. The van der Waals surface area contributed by atoms with Gasteiger partial charge in [0.1, 0.15) is 0 Å². The quantitative estimate of drug-likeness (QED) is 0.353. The van der Waals surface area contributed by atoms with Gasteiger partial charge in [-0.05, 0) is 46.3 Å². The standard InChI is InChI=1S/C22H46N2/c1-5-7-9-11-13-16-21(17-14-12-10-8-6-2)24-19-15-18-22(20-24)23(3)4/h21-22H,5-20H2,1-4H3/t22-/m1/s1. The van der Waals surface area contributed by atoms with Gasteiger partial charge >= 0.3 is 0 Å². The minimum atomic E-state index is 0.779. The number of likely N-dealkylation sites (tertiary alicyclic amines) is 1. The zero-order chi connectivity index (χ0) is 17.6. The predicted molar refractivity (Wildman–Crippen MR) is 109 cm³/mol. The normalized spacial score (nSPS) is 19.5. The fourth-order valence-corrected chi connectivity index (χ4v) is 4.21. The summed E-state index contributed by atoms with van der Waals surface area (Å²) >= 11 is 0. The molecule has 0 aromatic rings. The van der Waals surface area contributed by atoms with Gasteiger partial charge in [-0.3, -0.25) is 4.90 Å². The number of hydrogen-bond acceptors (Lipinski definition) is 2. The summed E-state index contributed by atoms with van der Waals surface area (Å²) in [5, 5.41) is 0. The Morgan fingerprint density at radius 2 is 1.38 bits per heavy atom. The lowest BCUT2D eigenvalue weighted by atomic mass is 9.95. The molecule has 1 rings (SSSR count). The summed E-state index contributed by atoms with van der Waals surface area (Å²) in [6, 6.07) is 1.64. The van der Waals surface area contributed by atoms with E-state index >= 15 is 0 Å². The molecule has 1 fully saturated rings. The predicted octanol–water partition coefficient (Wildman–Crippen LogP) is 6.10. The highest BCUT2D eigenvalue weighted by molar-refractivity contribution is 4.82. The molecule has 0 N–H and O–H groups in total. The number of piperidine rings is 1. The van der Waals surface area contributed by atoms with E-state index in [1.54, 1.807) is 0 Å². The lowest BCUT2D eigenvalue weighted by molar-refractivity contribution is 0.0852. The summed E-state index contributed by atoms with van der Waals surface area (Å²) in [6.07, 6.45) is 19.9. The van der Waals surface area contributed by atoms with Gasteiger partial charge in [0.25, 0.3) is 0 Å². The highest BCUT2D eigenvalue weighted by Gasteiger charge is 2.26. The van der Waals surface area contributed by atoms with Crippen LogP contribution in [0.25, 0.3) is 0 Å². The third-order valence-corrected chi connectivity index (χ3v) is 5.96. The van der Waals surface area contributed by atoms with E-state index in [2.05, 4.69) is 37.7 Å². The van der Waals surface area contributed by atoms with Crippen LogP contribution in [0.2, 0.25) is 0 Å². The Kier molecular flexibility index (Phi) is 12.9. The number of nitrogens with zero attached hydrogens (tertiary/aromatic N) is 2. The van der Waals surface area contributed by atoms with Gasteiger partial charge in [-0.15, -0.1) is 0 Å². The smallest absolute Gasteiger partial charge is 0.0217 e. The largest absolute Gasteiger partial charge is 0.305 e. The number of unbranched alkanes of at least 4 members (excludes halogenated alkanes) is 8. The molecule has 1 saturated heterocycles. The first-order chi connectivity index (χ1) is 11.7. The zero-order valence-electron chi connectivity index (χ0n) is 17.4. The summed E-state index contributed by atoms with van der Waals surface area (Å²) in [4.78, 5) is 5.31. The number of hydrogen-bond donors (Lipinski definition) is 0. The molecule has 1 heterocycles. The Labute approximate surface area is 153 Å². The molecule has 0 aromatic carbocycles. The van der Waals surface area contributed by atoms with Gasteiger partial charge in [0.2, 0.25) is 0 Å². The maximum Gasteiger partial charge on any atom is 0.0217 e. The number of likely N-dealkylation sites (N-methyl/N-ethyl adjacent to an activating group) is 1. The van der Waals surface area contributed by atoms with Crippen LogP contribution in [0.15, 0.2) is 0 Å². The SMILES string of the molecule is CCCCCCCC(CCCCCCC)N1CCC[C@@H](N(C)C)C1. The first kappa shape index (κ1) is 22.0. The van der Waals surface area contributed by atoms with Crippen LogP contribution in [-0.2, 0) is 0 Å². The second-order valence-corrected chi connectivity index (χ2v) is 8.31. The summed E-state index contributed by atoms with van der Waals surface area (Å²) in [6.45, 7) is 7.28. The van der Waals surface area contributed by atoms with E-state index < -0.39 is 0 Å². The molecule has 144 valence electrons. The van der Waals surface area contributed by atoms with Crippen molar-refractivity contribution in [2.45, 2.75) is 116 Å². The number of rotatable bonds is 14. The molecule has 0 bridgehead atoms. The van der Waals surface area contributed by atoms with E-state index in [-0.39, 0.29) is 0 Å². The molecule has 1 aliphatic rings. The molecular formula is C22H46N2. The molecule has 0 amide bonds. The van der Waals surface area contributed by atoms with Crippen LogP contribution in [0.4, 0.5) is 0 Å². The van der Waals surface area contributed by atoms with Crippen molar-refractivity contribution < 1.29 is 0 Å². The van der Waals surface area contributed by atoms with Crippen LogP contribution in [0.3, 0.4) is 0 Å². The molecule has 1 aliphatic heterocycles. The van der Waals surface area contributed by atoms with Crippen LogP contribution in [0, 0.1) is 0 Å². The van der Waals surface area contributed by atoms with E-state index in [9.17, 15) is 0 Å². The fourth-order valence-electron chi connectivity index (χ4n) is 4.21. The monoisotopic (exact) mass is 338 g/mol. The van der Waals surface area contributed by atoms with Gasteiger partial charge in [0, 0.05) is 18.6 Å². The van der Waals surface area contributed by atoms with Crippen molar-refractivity contribution in [3.8, 4) is 0 Å². The summed E-state index contributed by atoms with van der Waals surface area (Å²) in [5.41, 5.74) is 0. The molecule has 0 unspecified atom stereocenters. The van der Waals surface area contributed by atoms with Crippen molar-refractivity contribution in [3.63, 3.8) is 0 Å². The molecule has 24 heavy (non-hydrogen) atoms. The van der Waals surface area contributed by atoms with Gasteiger partial charge in [-0.1, -0.05) is 78.1 Å². The van der Waals surface area contributed by atoms with Crippen molar-refractivity contribution in [3.05, 3.63) is 0 Å². The van der Waals surface area contributed by atoms with E-state index in [1.807, 2.05) is 0 Å². The molecule has 0 spiro atoms. The third-order valence-electron chi connectivity index (χ3n) is 5.96. The van der Waals surface area contributed by atoms with Gasteiger partial charge in [-0.2, -0.15) is 0 Å². The van der Waals surface area contributed by atoms with Crippen LogP contribution in [-0.4, -0.2) is 49.1 Å². The van der Waals surface area contributed by atoms with E-state index in [0.717, 1.165) is 12.1 Å². The lowest BCUT2D eigenvalue weighted by Crippen LogP contribution is -2.49. The molecular weight excluding hydrogens is 292 g/mol. The fraction of sp³-hybridized carbons (Fsp3) is 1.00. The average Bonchev–Trinajstić information content (AvgIpc) is 2.59. The first-order valence-corrected chi connectivity index (χ1v) is 11.1. The molecule has 0 saturated carbocycles. The van der Waals surface area contributed by atoms with Crippen LogP contribution in [0.1, 0.15) is 104 Å². The topological polar surface area (TPSA) is 6.48 Å². The van der Waals surface area contributed by atoms with Crippen LogP contribution < -0.4 is 0 Å². The van der Waals surface area contributed by atoms with Crippen molar-refractivity contribution >= 4 is 0 Å². The maximum atomic E-state index is 2.85. The van der Waals surface area contributed by atoms with Gasteiger partial charge in [0.15, 0.2) is 0 Å². The molecule has 1 atom stereocenters. The second kappa shape index (κ2) is 14.1. The van der Waals surface area contributed by atoms with Gasteiger partial charge < -0.3 is 4.90 Å². The van der Waals surface area contributed by atoms with E-state index in [1.165, 1.54) is 103 Å². The Balaban J connectivity index is 2.39. The lowest BCUT2D eigenvalue weighted by Gasteiger charge is -2.41. The van der Waals surface area contributed by atoms with Gasteiger partial charge in [-0.25, -0.2) is 0 Å². The highest BCUT2D eigenvalue weighted by Crippen LogP contribution is 2.23. The first-order valence-electron chi connectivity index (χ1n) is 11.1. The maximum absolute atomic E-state index is 2.85. The molecule has 2 heteroatoms. The Morgan fingerprint density at radius 1 is 0.833 bits per heavy atom. The Bertz CT molecular complexity index is 263.